The molecule has 1 atom stereocenters. The topological polar surface area (TPSA) is 68.9 Å². The quantitative estimate of drug-likeness (QED) is 0.279. The highest BCUT2D eigenvalue weighted by molar-refractivity contribution is 8.00. The number of amides is 1. The van der Waals surface area contributed by atoms with Gasteiger partial charge in [0.1, 0.15) is 5.01 Å². The van der Waals surface area contributed by atoms with E-state index < -0.39 is 5.25 Å². The van der Waals surface area contributed by atoms with Gasteiger partial charge in [-0.3, -0.25) is 4.79 Å². The van der Waals surface area contributed by atoms with Gasteiger partial charge in [-0.2, -0.15) is 4.73 Å². The van der Waals surface area contributed by atoms with Gasteiger partial charge in [0, 0.05) is 23.4 Å². The molecule has 0 fully saturated rings. The van der Waals surface area contributed by atoms with Crippen molar-refractivity contribution in [3.8, 4) is 10.6 Å². The summed E-state index contributed by atoms with van der Waals surface area (Å²) in [7, 11) is 0. The minimum absolute atomic E-state index is 0.151. The van der Waals surface area contributed by atoms with Crippen LogP contribution >= 0.6 is 23.1 Å². The van der Waals surface area contributed by atoms with E-state index in [0.717, 1.165) is 20.8 Å². The van der Waals surface area contributed by atoms with Crippen LogP contribution in [0.5, 0.6) is 0 Å². The number of benzene rings is 2. The average Bonchev–Trinajstić information content (AvgIpc) is 3.13. The van der Waals surface area contributed by atoms with E-state index in [1.807, 2.05) is 30.3 Å². The van der Waals surface area contributed by atoms with Crippen molar-refractivity contribution in [1.29, 1.82) is 0 Å². The molecule has 0 saturated heterocycles. The summed E-state index contributed by atoms with van der Waals surface area (Å²) < 4.78 is 1.93. The molecule has 5 nitrogen and oxygen atoms in total. The monoisotopic (exact) mass is 421 g/mol. The fourth-order valence-electron chi connectivity index (χ4n) is 2.83. The second kappa shape index (κ2) is 8.23. The Morgan fingerprint density at radius 1 is 1.17 bits per heavy atom. The summed E-state index contributed by atoms with van der Waals surface area (Å²) in [6, 6.07) is 19.1. The molecule has 2 aromatic carbocycles. The van der Waals surface area contributed by atoms with E-state index in [1.165, 1.54) is 28.2 Å². The first kappa shape index (κ1) is 19.4. The maximum atomic E-state index is 12.5. The number of pyridine rings is 1. The molecule has 0 aliphatic rings. The van der Waals surface area contributed by atoms with Gasteiger partial charge in [-0.25, -0.2) is 4.98 Å². The fraction of sp³-hybridized carbons (Fsp3) is 0.136. The Bertz CT molecular complexity index is 1170. The minimum Gasteiger partial charge on any atom is -0.618 e. The van der Waals surface area contributed by atoms with Crippen molar-refractivity contribution in [2.75, 3.05) is 5.32 Å². The van der Waals surface area contributed by atoms with Crippen LogP contribution < -0.4 is 10.0 Å². The van der Waals surface area contributed by atoms with E-state index in [-0.39, 0.29) is 5.91 Å². The zero-order valence-corrected chi connectivity index (χ0v) is 17.6. The van der Waals surface area contributed by atoms with Crippen LogP contribution in [0.2, 0.25) is 0 Å². The summed E-state index contributed by atoms with van der Waals surface area (Å²) in [4.78, 5) is 17.2. The molecule has 4 rings (SSSR count). The first-order chi connectivity index (χ1) is 14.0. The van der Waals surface area contributed by atoms with Gasteiger partial charge in [0.2, 0.25) is 5.91 Å². The second-order valence-corrected chi connectivity index (χ2v) is 9.07. The number of carbonyl (C=O) groups excluding carboxylic acids is 1. The lowest BCUT2D eigenvalue weighted by Crippen LogP contribution is -2.30. The highest BCUT2D eigenvalue weighted by Gasteiger charge is 2.19. The number of thiazole rings is 1. The van der Waals surface area contributed by atoms with Crippen LogP contribution in [0, 0.1) is 12.1 Å². The lowest BCUT2D eigenvalue weighted by atomic mass is 10.2. The Hall–Kier alpha value is -2.90. The van der Waals surface area contributed by atoms with Gasteiger partial charge >= 0.3 is 0 Å². The summed E-state index contributed by atoms with van der Waals surface area (Å²) in [6.45, 7) is 3.86. The third-order valence-corrected chi connectivity index (χ3v) is 6.59. The number of nitrogens with zero attached hydrogens (tertiary/aromatic N) is 2. The molecule has 0 bridgehead atoms. The van der Waals surface area contributed by atoms with Gasteiger partial charge in [-0.05, 0) is 73.6 Å². The smallest absolute Gasteiger partial charge is 0.252 e. The molecular formula is C22H19N3O2S2. The molecule has 2 heterocycles. The predicted molar refractivity (Wildman–Crippen MR) is 119 cm³/mol. The molecule has 7 heteroatoms. The number of aryl methyl sites for hydroxylation is 1. The van der Waals surface area contributed by atoms with Crippen LogP contribution in [-0.4, -0.2) is 16.1 Å². The zero-order chi connectivity index (χ0) is 20.4. The standard InChI is InChI=1S/C22H19N3O2S2/c1-14-6-11-18-19(13-14)29-22(24-18)16-7-9-17(10-8-16)23-21(26)15(2)28-20-5-3-4-12-25(20)27/h3-13,15H,1-2H3,(H,23,26). The normalized spacial score (nSPS) is 12.1. The molecular weight excluding hydrogens is 402 g/mol. The van der Waals surface area contributed by atoms with Crippen molar-refractivity contribution >= 4 is 44.9 Å². The Labute approximate surface area is 177 Å². The first-order valence-electron chi connectivity index (χ1n) is 9.13. The molecule has 0 radical (unpaired) electrons. The number of hydrogen-bond acceptors (Lipinski definition) is 5. The van der Waals surface area contributed by atoms with Crippen LogP contribution in [0.3, 0.4) is 0 Å². The molecule has 146 valence electrons. The minimum atomic E-state index is -0.398. The summed E-state index contributed by atoms with van der Waals surface area (Å²) in [5.74, 6) is -0.151. The van der Waals surface area contributed by atoms with E-state index in [9.17, 15) is 10.0 Å². The van der Waals surface area contributed by atoms with Crippen LogP contribution in [0.15, 0.2) is 71.9 Å². The number of thioether (sulfide) groups is 1. The Morgan fingerprint density at radius 3 is 2.72 bits per heavy atom. The van der Waals surface area contributed by atoms with Gasteiger partial charge in [0.15, 0.2) is 6.20 Å². The van der Waals surface area contributed by atoms with Crippen LogP contribution in [0.25, 0.3) is 20.8 Å². The number of nitrogens with one attached hydrogen (secondary N) is 1. The largest absolute Gasteiger partial charge is 0.618 e. The number of fused-ring (bicyclic) bond motifs is 1. The van der Waals surface area contributed by atoms with E-state index >= 15 is 0 Å². The third kappa shape index (κ3) is 4.41. The second-order valence-electron chi connectivity index (χ2n) is 6.68. The molecule has 0 saturated carbocycles. The maximum absolute atomic E-state index is 12.5. The molecule has 1 unspecified atom stereocenters. The molecule has 29 heavy (non-hydrogen) atoms. The van der Waals surface area contributed by atoms with E-state index in [0.29, 0.717) is 10.7 Å². The summed E-state index contributed by atoms with van der Waals surface area (Å²) in [5, 5.41) is 15.7. The van der Waals surface area contributed by atoms with Crippen molar-refractivity contribution in [3.05, 3.63) is 77.6 Å². The van der Waals surface area contributed by atoms with Gasteiger partial charge in [0.25, 0.3) is 5.03 Å². The number of carbonyl (C=O) groups is 1. The first-order valence-corrected chi connectivity index (χ1v) is 10.8. The molecule has 1 N–H and O–H groups in total. The van der Waals surface area contributed by atoms with Crippen molar-refractivity contribution in [2.24, 2.45) is 0 Å². The fourth-order valence-corrected chi connectivity index (χ4v) is 4.75. The van der Waals surface area contributed by atoms with Gasteiger partial charge in [-0.1, -0.05) is 6.07 Å². The lowest BCUT2D eigenvalue weighted by Gasteiger charge is -2.11. The zero-order valence-electron chi connectivity index (χ0n) is 16.0. The average molecular weight is 422 g/mol. The third-order valence-electron chi connectivity index (χ3n) is 4.40. The van der Waals surface area contributed by atoms with E-state index in [2.05, 4.69) is 24.4 Å². The highest BCUT2D eigenvalue weighted by Crippen LogP contribution is 2.31. The maximum Gasteiger partial charge on any atom is 0.252 e. The van der Waals surface area contributed by atoms with Crippen LogP contribution in [-0.2, 0) is 4.79 Å². The molecule has 0 aliphatic carbocycles. The van der Waals surface area contributed by atoms with Crippen LogP contribution in [0.4, 0.5) is 5.69 Å². The van der Waals surface area contributed by atoms with Crippen molar-refractivity contribution in [3.63, 3.8) is 0 Å². The number of anilines is 1. The molecule has 0 aliphatic heterocycles. The SMILES string of the molecule is Cc1ccc2nc(-c3ccc(NC(=O)C(C)Sc4cccc[n+]4[O-])cc3)sc2c1. The van der Waals surface area contributed by atoms with Gasteiger partial charge < -0.3 is 10.5 Å². The van der Waals surface area contributed by atoms with Crippen molar-refractivity contribution < 1.29 is 9.52 Å². The molecule has 2 aromatic heterocycles. The van der Waals surface area contributed by atoms with Gasteiger partial charge in [-0.15, -0.1) is 11.3 Å². The number of aromatic nitrogens is 2. The predicted octanol–water partition coefficient (Wildman–Crippen LogP) is 5.02. The van der Waals surface area contributed by atoms with Crippen molar-refractivity contribution in [2.45, 2.75) is 24.1 Å². The van der Waals surface area contributed by atoms with E-state index in [4.69, 9.17) is 4.98 Å². The lowest BCUT2D eigenvalue weighted by molar-refractivity contribution is -0.645. The molecule has 1 amide bonds. The number of rotatable bonds is 5. The molecule has 0 spiro atoms. The van der Waals surface area contributed by atoms with E-state index in [1.54, 1.807) is 36.5 Å². The van der Waals surface area contributed by atoms with Crippen LogP contribution in [0.1, 0.15) is 12.5 Å². The Balaban J connectivity index is 1.44. The highest BCUT2D eigenvalue weighted by atomic mass is 32.2. The Kier molecular flexibility index (Phi) is 5.51. The van der Waals surface area contributed by atoms with Crippen molar-refractivity contribution in [1.82, 2.24) is 4.98 Å². The molecule has 4 aromatic rings. The summed E-state index contributed by atoms with van der Waals surface area (Å²) in [5.41, 5.74) is 3.94. The van der Waals surface area contributed by atoms with Gasteiger partial charge in [0.05, 0.1) is 15.5 Å². The summed E-state index contributed by atoms with van der Waals surface area (Å²) >= 11 is 2.89. The Morgan fingerprint density at radius 2 is 1.97 bits per heavy atom. The summed E-state index contributed by atoms with van der Waals surface area (Å²) in [6.07, 6.45) is 1.43. The number of hydrogen-bond donors (Lipinski definition) is 1.